The molecule has 3 rings (SSSR count). The summed E-state index contributed by atoms with van der Waals surface area (Å²) in [4.78, 5) is 0.810. The van der Waals surface area contributed by atoms with Gasteiger partial charge >= 0.3 is 0 Å². The summed E-state index contributed by atoms with van der Waals surface area (Å²) in [6.45, 7) is 2.58. The van der Waals surface area contributed by atoms with Crippen molar-refractivity contribution in [3.63, 3.8) is 0 Å². The van der Waals surface area contributed by atoms with Crippen molar-refractivity contribution in [1.82, 2.24) is 0 Å². The largest absolute Gasteiger partial charge is 0.0885 e. The molecule has 0 bridgehead atoms. The molecule has 0 aromatic rings. The molecule has 5 unspecified atom stereocenters. The van der Waals surface area contributed by atoms with Crippen LogP contribution >= 0.6 is 15.9 Å². The van der Waals surface area contributed by atoms with E-state index in [0.29, 0.717) is 5.41 Å². The number of hydrogen-bond donors (Lipinski definition) is 0. The highest BCUT2D eigenvalue weighted by molar-refractivity contribution is 9.09. The first-order valence-electron chi connectivity index (χ1n) is 7.36. The van der Waals surface area contributed by atoms with Gasteiger partial charge in [-0.15, -0.1) is 0 Å². The Bertz CT molecular complexity index is 262. The Labute approximate surface area is 109 Å². The highest BCUT2D eigenvalue weighted by Crippen LogP contribution is 2.59. The van der Waals surface area contributed by atoms with Crippen molar-refractivity contribution in [2.45, 2.75) is 69.5 Å². The normalized spacial score (nSPS) is 52.9. The maximum Gasteiger partial charge on any atom is 0.0205 e. The van der Waals surface area contributed by atoms with Crippen LogP contribution < -0.4 is 0 Å². The fraction of sp³-hybridized carbons (Fsp3) is 1.00. The van der Waals surface area contributed by atoms with E-state index in [2.05, 4.69) is 22.9 Å². The van der Waals surface area contributed by atoms with Crippen molar-refractivity contribution in [3.05, 3.63) is 0 Å². The van der Waals surface area contributed by atoms with Crippen LogP contribution in [0.15, 0.2) is 0 Å². The second-order valence-corrected chi connectivity index (χ2v) is 7.88. The van der Waals surface area contributed by atoms with Gasteiger partial charge in [-0.25, -0.2) is 0 Å². The molecule has 3 aliphatic rings. The van der Waals surface area contributed by atoms with E-state index in [1.807, 2.05) is 0 Å². The maximum absolute atomic E-state index is 4.05. The molecule has 0 amide bonds. The number of rotatable bonds is 0. The molecule has 0 aliphatic heterocycles. The average Bonchev–Trinajstić information content (AvgIpc) is 2.30. The van der Waals surface area contributed by atoms with Gasteiger partial charge in [-0.2, -0.15) is 0 Å². The molecular formula is C15H25Br. The Morgan fingerprint density at radius 1 is 1.00 bits per heavy atom. The Hall–Kier alpha value is 0.480. The fourth-order valence-corrected chi connectivity index (χ4v) is 6.12. The van der Waals surface area contributed by atoms with E-state index < -0.39 is 0 Å². The van der Waals surface area contributed by atoms with Crippen molar-refractivity contribution in [1.29, 1.82) is 0 Å². The molecule has 0 radical (unpaired) electrons. The molecule has 0 N–H and O–H groups in total. The second kappa shape index (κ2) is 4.30. The summed E-state index contributed by atoms with van der Waals surface area (Å²) in [5, 5.41) is 0. The third kappa shape index (κ3) is 1.69. The van der Waals surface area contributed by atoms with Gasteiger partial charge < -0.3 is 0 Å². The third-order valence-electron chi connectivity index (χ3n) is 6.04. The van der Waals surface area contributed by atoms with Gasteiger partial charge in [-0.3, -0.25) is 0 Å². The predicted molar refractivity (Wildman–Crippen MR) is 72.8 cm³/mol. The molecule has 0 aromatic carbocycles. The van der Waals surface area contributed by atoms with E-state index in [1.54, 1.807) is 6.42 Å². The van der Waals surface area contributed by atoms with Crippen LogP contribution in [0.1, 0.15) is 64.7 Å². The van der Waals surface area contributed by atoms with E-state index in [0.717, 1.165) is 22.6 Å². The van der Waals surface area contributed by atoms with Crippen LogP contribution in [0.4, 0.5) is 0 Å². The lowest BCUT2D eigenvalue weighted by Gasteiger charge is -2.56. The standard InChI is InChI=1S/C15H25Br/c1-15-9-5-4-8-13(15)12-7-3-2-6-11(12)10-14(15)16/h11-14H,2-10H2,1H3. The molecule has 0 saturated heterocycles. The van der Waals surface area contributed by atoms with E-state index in [9.17, 15) is 0 Å². The van der Waals surface area contributed by atoms with Crippen molar-refractivity contribution >= 4 is 15.9 Å². The molecular weight excluding hydrogens is 260 g/mol. The zero-order valence-corrected chi connectivity index (χ0v) is 12.1. The molecule has 92 valence electrons. The van der Waals surface area contributed by atoms with Gasteiger partial charge in [0.2, 0.25) is 0 Å². The van der Waals surface area contributed by atoms with Gasteiger partial charge in [-0.05, 0) is 48.9 Å². The zero-order valence-electron chi connectivity index (χ0n) is 10.6. The average molecular weight is 285 g/mol. The van der Waals surface area contributed by atoms with Crippen molar-refractivity contribution < 1.29 is 0 Å². The van der Waals surface area contributed by atoms with Crippen LogP contribution in [0.2, 0.25) is 0 Å². The lowest BCUT2D eigenvalue weighted by molar-refractivity contribution is -0.0283. The molecule has 3 saturated carbocycles. The summed E-state index contributed by atoms with van der Waals surface area (Å²) in [5.41, 5.74) is 0.636. The van der Waals surface area contributed by atoms with Crippen LogP contribution in [0.3, 0.4) is 0 Å². The van der Waals surface area contributed by atoms with Crippen LogP contribution in [-0.4, -0.2) is 4.83 Å². The monoisotopic (exact) mass is 284 g/mol. The molecule has 1 heteroatoms. The van der Waals surface area contributed by atoms with E-state index in [-0.39, 0.29) is 0 Å². The zero-order chi connectivity index (χ0) is 11.2. The van der Waals surface area contributed by atoms with Crippen LogP contribution in [-0.2, 0) is 0 Å². The first-order chi connectivity index (χ1) is 7.72. The van der Waals surface area contributed by atoms with Crippen molar-refractivity contribution in [2.24, 2.45) is 23.2 Å². The minimum atomic E-state index is 0.636. The number of alkyl halides is 1. The Morgan fingerprint density at radius 2 is 1.75 bits per heavy atom. The summed E-state index contributed by atoms with van der Waals surface area (Å²) in [6, 6.07) is 0. The molecule has 3 aliphatic carbocycles. The Balaban J connectivity index is 1.87. The van der Waals surface area contributed by atoms with Gasteiger partial charge in [0, 0.05) is 4.83 Å². The second-order valence-electron chi connectivity index (χ2n) is 6.77. The number of halogens is 1. The smallest absolute Gasteiger partial charge is 0.0205 e. The first kappa shape index (κ1) is 11.6. The molecule has 16 heavy (non-hydrogen) atoms. The first-order valence-corrected chi connectivity index (χ1v) is 8.27. The predicted octanol–water partition coefficient (Wildman–Crippen LogP) is 5.16. The Morgan fingerprint density at radius 3 is 2.62 bits per heavy atom. The lowest BCUT2D eigenvalue weighted by atomic mass is 9.51. The van der Waals surface area contributed by atoms with Crippen LogP contribution in [0, 0.1) is 23.2 Å². The lowest BCUT2D eigenvalue weighted by Crippen LogP contribution is -2.50. The van der Waals surface area contributed by atoms with E-state index in [4.69, 9.17) is 0 Å². The highest BCUT2D eigenvalue weighted by atomic mass is 79.9. The van der Waals surface area contributed by atoms with Gasteiger partial charge in [0.05, 0.1) is 0 Å². The number of fused-ring (bicyclic) bond motifs is 3. The van der Waals surface area contributed by atoms with E-state index in [1.165, 1.54) is 51.4 Å². The molecule has 5 atom stereocenters. The summed E-state index contributed by atoms with van der Waals surface area (Å²) >= 11 is 4.05. The fourth-order valence-electron chi connectivity index (χ4n) is 5.07. The quantitative estimate of drug-likeness (QED) is 0.539. The van der Waals surface area contributed by atoms with Crippen molar-refractivity contribution in [2.75, 3.05) is 0 Å². The summed E-state index contributed by atoms with van der Waals surface area (Å²) in [7, 11) is 0. The van der Waals surface area contributed by atoms with Gasteiger partial charge in [0.25, 0.3) is 0 Å². The summed E-state index contributed by atoms with van der Waals surface area (Å²) < 4.78 is 0. The summed E-state index contributed by atoms with van der Waals surface area (Å²) in [5.74, 6) is 3.20. The number of hydrogen-bond acceptors (Lipinski definition) is 0. The van der Waals surface area contributed by atoms with E-state index >= 15 is 0 Å². The summed E-state index contributed by atoms with van der Waals surface area (Å²) in [6.07, 6.45) is 13.6. The topological polar surface area (TPSA) is 0 Å². The minimum Gasteiger partial charge on any atom is -0.0885 e. The van der Waals surface area contributed by atoms with Crippen LogP contribution in [0.5, 0.6) is 0 Å². The molecule has 0 aromatic heterocycles. The third-order valence-corrected chi connectivity index (χ3v) is 7.46. The Kier molecular flexibility index (Phi) is 3.11. The maximum atomic E-state index is 4.05. The SMILES string of the molecule is CC12CCCCC1C1CCCCC1CC2Br. The van der Waals surface area contributed by atoms with Gasteiger partial charge in [-0.1, -0.05) is 55.0 Å². The van der Waals surface area contributed by atoms with Gasteiger partial charge in [0.1, 0.15) is 0 Å². The molecule has 0 spiro atoms. The molecule has 0 nitrogen and oxygen atoms in total. The molecule has 0 heterocycles. The highest BCUT2D eigenvalue weighted by Gasteiger charge is 2.51. The molecule has 3 fully saturated rings. The van der Waals surface area contributed by atoms with Gasteiger partial charge in [0.15, 0.2) is 0 Å². The van der Waals surface area contributed by atoms with Crippen LogP contribution in [0.25, 0.3) is 0 Å². The van der Waals surface area contributed by atoms with Crippen molar-refractivity contribution in [3.8, 4) is 0 Å². The minimum absolute atomic E-state index is 0.636.